The van der Waals surface area contributed by atoms with Crippen LogP contribution in [0.25, 0.3) is 0 Å². The lowest BCUT2D eigenvalue weighted by Gasteiger charge is -2.26. The van der Waals surface area contributed by atoms with Crippen LogP contribution in [-0.2, 0) is 4.74 Å². The van der Waals surface area contributed by atoms with Gasteiger partial charge in [0.2, 0.25) is 0 Å². The smallest absolute Gasteiger partial charge is 0.195 e. The van der Waals surface area contributed by atoms with Crippen LogP contribution in [0, 0.1) is 0 Å². The van der Waals surface area contributed by atoms with Crippen LogP contribution in [0.5, 0.6) is 11.5 Å². The summed E-state index contributed by atoms with van der Waals surface area (Å²) in [5.41, 5.74) is 0.946. The molecule has 1 saturated heterocycles. The van der Waals surface area contributed by atoms with Crippen LogP contribution < -0.4 is 20.1 Å². The van der Waals surface area contributed by atoms with Gasteiger partial charge in [-0.25, -0.2) is 0 Å². The van der Waals surface area contributed by atoms with Crippen molar-refractivity contribution < 1.29 is 14.2 Å². The minimum atomic E-state index is 0. The first-order valence-corrected chi connectivity index (χ1v) is 9.60. The largest absolute Gasteiger partial charge is 0.490 e. The zero-order valence-corrected chi connectivity index (χ0v) is 18.4. The van der Waals surface area contributed by atoms with Crippen LogP contribution in [0.3, 0.4) is 0 Å². The molecule has 0 spiro atoms. The number of aliphatic imine (C=N–C) groups is 1. The minimum absolute atomic E-state index is 0. The topological polar surface area (TPSA) is 67.4 Å². The Labute approximate surface area is 178 Å². The minimum Gasteiger partial charge on any atom is -0.490 e. The fourth-order valence-electron chi connectivity index (χ4n) is 2.99. The lowest BCUT2D eigenvalue weighted by Crippen LogP contribution is -2.37. The highest BCUT2D eigenvalue weighted by Crippen LogP contribution is 2.32. The van der Waals surface area contributed by atoms with Gasteiger partial charge in [-0.2, -0.15) is 0 Å². The summed E-state index contributed by atoms with van der Waals surface area (Å²) in [6.45, 7) is 9.87. The first kappa shape index (κ1) is 22.0. The Balaban J connectivity index is 0.00000261. The number of anilines is 1. The monoisotopic (exact) mass is 490 g/mol. The van der Waals surface area contributed by atoms with Crippen molar-refractivity contribution in [2.75, 3.05) is 64.5 Å². The molecule has 1 fully saturated rings. The van der Waals surface area contributed by atoms with Crippen LogP contribution in [0.2, 0.25) is 0 Å². The Morgan fingerprint density at radius 3 is 2.67 bits per heavy atom. The molecule has 2 aliphatic heterocycles. The van der Waals surface area contributed by atoms with E-state index < -0.39 is 0 Å². The molecular formula is C19H31IN4O3. The van der Waals surface area contributed by atoms with E-state index in [1.54, 1.807) is 0 Å². The molecule has 0 radical (unpaired) electrons. The van der Waals surface area contributed by atoms with Gasteiger partial charge in [-0.15, -0.1) is 24.0 Å². The van der Waals surface area contributed by atoms with E-state index in [2.05, 4.69) is 27.4 Å². The van der Waals surface area contributed by atoms with E-state index in [9.17, 15) is 0 Å². The van der Waals surface area contributed by atoms with Gasteiger partial charge in [0.25, 0.3) is 0 Å². The van der Waals surface area contributed by atoms with Gasteiger partial charge >= 0.3 is 0 Å². The SMILES string of the molecule is CCNC(=NCCCN1CCOCC1)Nc1ccc2c(c1)OCCCO2.I. The molecule has 2 N–H and O–H groups in total. The average molecular weight is 490 g/mol. The van der Waals surface area contributed by atoms with Crippen LogP contribution in [0.1, 0.15) is 19.8 Å². The third-order valence-corrected chi connectivity index (χ3v) is 4.36. The van der Waals surface area contributed by atoms with E-state index in [0.717, 1.165) is 81.9 Å². The maximum Gasteiger partial charge on any atom is 0.195 e. The predicted octanol–water partition coefficient (Wildman–Crippen LogP) is 2.57. The maximum atomic E-state index is 5.76. The molecule has 1 aromatic rings. The van der Waals surface area contributed by atoms with Gasteiger partial charge in [0, 0.05) is 50.9 Å². The van der Waals surface area contributed by atoms with Crippen molar-refractivity contribution in [1.29, 1.82) is 0 Å². The first-order chi connectivity index (χ1) is 12.8. The first-order valence-electron chi connectivity index (χ1n) is 9.60. The third-order valence-electron chi connectivity index (χ3n) is 4.36. The molecule has 1 aromatic carbocycles. The Morgan fingerprint density at radius 1 is 1.11 bits per heavy atom. The summed E-state index contributed by atoms with van der Waals surface area (Å²) in [4.78, 5) is 7.12. The molecule has 0 unspecified atom stereocenters. The fourth-order valence-corrected chi connectivity index (χ4v) is 2.99. The molecular weight excluding hydrogens is 459 g/mol. The molecule has 0 aliphatic carbocycles. The number of morpholine rings is 1. The summed E-state index contributed by atoms with van der Waals surface area (Å²) in [5, 5.41) is 6.65. The third kappa shape index (κ3) is 7.34. The molecule has 27 heavy (non-hydrogen) atoms. The van der Waals surface area contributed by atoms with Crippen molar-refractivity contribution >= 4 is 35.6 Å². The molecule has 0 saturated carbocycles. The summed E-state index contributed by atoms with van der Waals surface area (Å²) in [5.74, 6) is 2.39. The number of halogens is 1. The van der Waals surface area contributed by atoms with E-state index in [1.807, 2.05) is 18.2 Å². The van der Waals surface area contributed by atoms with Crippen LogP contribution >= 0.6 is 24.0 Å². The van der Waals surface area contributed by atoms with Crippen molar-refractivity contribution in [3.05, 3.63) is 18.2 Å². The van der Waals surface area contributed by atoms with Gasteiger partial charge in [-0.1, -0.05) is 0 Å². The van der Waals surface area contributed by atoms with Crippen molar-refractivity contribution in [3.8, 4) is 11.5 Å². The van der Waals surface area contributed by atoms with Crippen molar-refractivity contribution in [3.63, 3.8) is 0 Å². The number of ether oxygens (including phenoxy) is 3. The molecule has 3 rings (SSSR count). The molecule has 0 aromatic heterocycles. The lowest BCUT2D eigenvalue weighted by molar-refractivity contribution is 0.0377. The number of hydrogen-bond donors (Lipinski definition) is 2. The quantitative estimate of drug-likeness (QED) is 0.277. The number of fused-ring (bicyclic) bond motifs is 1. The number of nitrogens with one attached hydrogen (secondary N) is 2. The van der Waals surface area contributed by atoms with Crippen molar-refractivity contribution in [2.24, 2.45) is 4.99 Å². The summed E-state index contributed by atoms with van der Waals surface area (Å²) in [7, 11) is 0. The highest BCUT2D eigenvalue weighted by molar-refractivity contribution is 14.0. The lowest BCUT2D eigenvalue weighted by atomic mass is 10.2. The second-order valence-electron chi connectivity index (χ2n) is 6.41. The second-order valence-corrected chi connectivity index (χ2v) is 6.41. The molecule has 0 amide bonds. The van der Waals surface area contributed by atoms with Gasteiger partial charge in [-0.05, 0) is 25.5 Å². The number of rotatable bonds is 6. The number of benzene rings is 1. The van der Waals surface area contributed by atoms with Gasteiger partial charge < -0.3 is 24.8 Å². The van der Waals surface area contributed by atoms with Gasteiger partial charge in [-0.3, -0.25) is 9.89 Å². The van der Waals surface area contributed by atoms with Crippen molar-refractivity contribution in [1.82, 2.24) is 10.2 Å². The number of guanidine groups is 1. The second kappa shape index (κ2) is 12.2. The van der Waals surface area contributed by atoms with E-state index >= 15 is 0 Å². The van der Waals surface area contributed by atoms with Gasteiger partial charge in [0.15, 0.2) is 17.5 Å². The van der Waals surface area contributed by atoms with Crippen LogP contribution in [-0.4, -0.2) is 70.0 Å². The number of nitrogens with zero attached hydrogens (tertiary/aromatic N) is 2. The van der Waals surface area contributed by atoms with Gasteiger partial charge in [0.05, 0.1) is 26.4 Å². The Bertz CT molecular complexity index is 594. The molecule has 2 heterocycles. The molecule has 0 atom stereocenters. The van der Waals surface area contributed by atoms with E-state index in [0.29, 0.717) is 13.2 Å². The normalized spacial score (nSPS) is 17.6. The fraction of sp³-hybridized carbons (Fsp3) is 0.632. The molecule has 8 heteroatoms. The van der Waals surface area contributed by atoms with Crippen molar-refractivity contribution in [2.45, 2.75) is 19.8 Å². The predicted molar refractivity (Wildman–Crippen MR) is 119 cm³/mol. The standard InChI is InChI=1S/C19H30N4O3.HI/c1-2-20-19(21-7-3-8-23-9-13-24-14-10-23)22-16-5-6-17-18(15-16)26-12-4-11-25-17;/h5-6,15H,2-4,7-14H2,1H3,(H2,20,21,22);1H. The molecule has 152 valence electrons. The summed E-state index contributed by atoms with van der Waals surface area (Å²) in [6.07, 6.45) is 1.95. The molecule has 7 nitrogen and oxygen atoms in total. The van der Waals surface area contributed by atoms with Gasteiger partial charge in [0.1, 0.15) is 0 Å². The zero-order valence-electron chi connectivity index (χ0n) is 16.0. The van der Waals surface area contributed by atoms with E-state index in [-0.39, 0.29) is 24.0 Å². The zero-order chi connectivity index (χ0) is 18.0. The van der Waals surface area contributed by atoms with Crippen LogP contribution in [0.15, 0.2) is 23.2 Å². The number of hydrogen-bond acceptors (Lipinski definition) is 5. The highest BCUT2D eigenvalue weighted by Gasteiger charge is 2.12. The Hall–Kier alpha value is -1.26. The molecule has 2 aliphatic rings. The summed E-state index contributed by atoms with van der Waals surface area (Å²) in [6, 6.07) is 5.92. The average Bonchev–Trinajstić information content (AvgIpc) is 2.91. The van der Waals surface area contributed by atoms with E-state index in [4.69, 9.17) is 14.2 Å². The Kier molecular flexibility index (Phi) is 10.00. The van der Waals surface area contributed by atoms with Crippen LogP contribution in [0.4, 0.5) is 5.69 Å². The summed E-state index contributed by atoms with van der Waals surface area (Å²) < 4.78 is 16.8. The van der Waals surface area contributed by atoms with E-state index in [1.165, 1.54) is 0 Å². The highest BCUT2D eigenvalue weighted by atomic mass is 127. The molecule has 0 bridgehead atoms. The summed E-state index contributed by atoms with van der Waals surface area (Å²) >= 11 is 0. The maximum absolute atomic E-state index is 5.76. The Morgan fingerprint density at radius 2 is 1.89 bits per heavy atom.